The van der Waals surface area contributed by atoms with Crippen LogP contribution in [0.3, 0.4) is 0 Å². The molecule has 2 N–H and O–H groups in total. The predicted molar refractivity (Wildman–Crippen MR) is 145 cm³/mol. The Morgan fingerprint density at radius 3 is 2.74 bits per heavy atom. The Labute approximate surface area is 225 Å². The van der Waals surface area contributed by atoms with Crippen LogP contribution in [0.15, 0.2) is 48.8 Å². The largest absolute Gasteiger partial charge is 0.491 e. The predicted octanol–water partition coefficient (Wildman–Crippen LogP) is 5.31. The maximum atomic E-state index is 13.6. The van der Waals surface area contributed by atoms with Crippen LogP contribution in [0.5, 0.6) is 5.75 Å². The number of ether oxygens (including phenoxy) is 2. The van der Waals surface area contributed by atoms with Crippen LogP contribution < -0.4 is 15.4 Å². The van der Waals surface area contributed by atoms with Gasteiger partial charge in [-0.25, -0.2) is 14.4 Å². The third-order valence-electron chi connectivity index (χ3n) is 7.10. The van der Waals surface area contributed by atoms with E-state index in [1.54, 1.807) is 18.2 Å². The van der Waals surface area contributed by atoms with Gasteiger partial charge in [-0.3, -0.25) is 9.69 Å². The minimum Gasteiger partial charge on any atom is -0.491 e. The second-order valence-electron chi connectivity index (χ2n) is 10.2. The zero-order valence-corrected chi connectivity index (χ0v) is 21.6. The first kappa shape index (κ1) is 25.0. The average molecular weight is 538 g/mol. The minimum atomic E-state index is -0.499. The lowest BCUT2D eigenvalue weighted by Crippen LogP contribution is -2.42. The molecule has 8 nitrogen and oxygen atoms in total. The molecule has 2 aromatic carbocycles. The van der Waals surface area contributed by atoms with Gasteiger partial charge < -0.3 is 20.1 Å². The molecule has 0 spiro atoms. The Balaban J connectivity index is 1.21. The van der Waals surface area contributed by atoms with Gasteiger partial charge in [0, 0.05) is 42.9 Å². The number of carbonyl (C=O) groups excluding carboxylic acids is 1. The van der Waals surface area contributed by atoms with Gasteiger partial charge in [-0.15, -0.1) is 0 Å². The Hall–Kier alpha value is -3.27. The summed E-state index contributed by atoms with van der Waals surface area (Å²) in [5.74, 6) is 0.864. The third-order valence-corrected chi connectivity index (χ3v) is 7.39. The van der Waals surface area contributed by atoms with E-state index in [0.717, 1.165) is 38.8 Å². The fraction of sp³-hybridized carbons (Fsp3) is 0.393. The molecule has 3 fully saturated rings. The summed E-state index contributed by atoms with van der Waals surface area (Å²) in [5, 5.41) is 6.83. The Morgan fingerprint density at radius 2 is 1.97 bits per heavy atom. The first-order valence-electron chi connectivity index (χ1n) is 13.0. The number of likely N-dealkylation sites (tertiary alicyclic amines) is 1. The van der Waals surface area contributed by atoms with E-state index >= 15 is 0 Å². The van der Waals surface area contributed by atoms with Crippen molar-refractivity contribution in [1.29, 1.82) is 0 Å². The van der Waals surface area contributed by atoms with E-state index in [1.165, 1.54) is 18.5 Å². The van der Waals surface area contributed by atoms with Gasteiger partial charge in [-0.2, -0.15) is 0 Å². The maximum Gasteiger partial charge on any atom is 0.248 e. The Morgan fingerprint density at radius 1 is 1.16 bits per heavy atom. The van der Waals surface area contributed by atoms with Crippen LogP contribution in [0.2, 0.25) is 5.02 Å². The number of rotatable bonds is 9. The van der Waals surface area contributed by atoms with Crippen LogP contribution in [0.1, 0.15) is 25.7 Å². The molecule has 1 saturated carbocycles. The average Bonchev–Trinajstić information content (AvgIpc) is 3.67. The number of fused-ring (bicyclic) bond motifs is 3. The smallest absolute Gasteiger partial charge is 0.248 e. The van der Waals surface area contributed by atoms with E-state index in [4.69, 9.17) is 21.1 Å². The molecule has 38 heavy (non-hydrogen) atoms. The van der Waals surface area contributed by atoms with E-state index in [9.17, 15) is 9.18 Å². The van der Waals surface area contributed by atoms with Crippen molar-refractivity contribution < 1.29 is 18.7 Å². The number of morpholine rings is 1. The summed E-state index contributed by atoms with van der Waals surface area (Å²) in [6.07, 6.45) is 10.1. The molecule has 0 radical (unpaired) electrons. The van der Waals surface area contributed by atoms with Crippen molar-refractivity contribution in [2.45, 2.75) is 37.9 Å². The number of amides is 1. The number of nitrogens with zero attached hydrogens (tertiary/aromatic N) is 3. The second-order valence-corrected chi connectivity index (χ2v) is 10.6. The lowest BCUT2D eigenvalue weighted by Gasteiger charge is -2.31. The number of benzene rings is 2. The molecule has 1 aromatic heterocycles. The minimum absolute atomic E-state index is 0.00796. The van der Waals surface area contributed by atoms with E-state index in [2.05, 4.69) is 25.5 Å². The van der Waals surface area contributed by atoms with Crippen LogP contribution in [0.4, 0.5) is 21.6 Å². The highest BCUT2D eigenvalue weighted by atomic mass is 35.5. The van der Waals surface area contributed by atoms with Gasteiger partial charge in [0.15, 0.2) is 0 Å². The molecule has 2 unspecified atom stereocenters. The summed E-state index contributed by atoms with van der Waals surface area (Å²) in [7, 11) is 0. The normalized spacial score (nSPS) is 21.2. The number of halogens is 2. The number of aromatic nitrogens is 2. The third kappa shape index (κ3) is 5.90. The van der Waals surface area contributed by atoms with Gasteiger partial charge in [0.2, 0.25) is 5.91 Å². The molecule has 198 valence electrons. The van der Waals surface area contributed by atoms with Crippen LogP contribution in [0.25, 0.3) is 10.9 Å². The Bertz CT molecular complexity index is 1370. The summed E-state index contributed by atoms with van der Waals surface area (Å²) in [4.78, 5) is 24.0. The van der Waals surface area contributed by atoms with Crippen molar-refractivity contribution in [1.82, 2.24) is 14.9 Å². The molecule has 2 aliphatic heterocycles. The summed E-state index contributed by atoms with van der Waals surface area (Å²) < 4.78 is 25.6. The van der Waals surface area contributed by atoms with Crippen LogP contribution in [0, 0.1) is 11.7 Å². The highest BCUT2D eigenvalue weighted by molar-refractivity contribution is 6.31. The fourth-order valence-electron chi connectivity index (χ4n) is 4.93. The van der Waals surface area contributed by atoms with Gasteiger partial charge in [0.05, 0.1) is 35.0 Å². The molecular formula is C28H29ClFN5O3. The SMILES string of the molecule is O=C(/C=C/CN1CC2CCC(C1)O2)Nc1cc2c(Nc3ccc(F)c(Cl)c3)ncnc2cc1OCC1CC1. The summed E-state index contributed by atoms with van der Waals surface area (Å²) in [6.45, 7) is 3.10. The van der Waals surface area contributed by atoms with E-state index in [0.29, 0.717) is 65.1 Å². The van der Waals surface area contributed by atoms with Gasteiger partial charge in [0.1, 0.15) is 23.7 Å². The van der Waals surface area contributed by atoms with Gasteiger partial charge in [-0.05, 0) is 55.9 Å². The Kier molecular flexibility index (Phi) is 7.14. The molecule has 2 atom stereocenters. The summed E-state index contributed by atoms with van der Waals surface area (Å²) >= 11 is 5.95. The van der Waals surface area contributed by atoms with Gasteiger partial charge in [-0.1, -0.05) is 17.7 Å². The van der Waals surface area contributed by atoms with E-state index < -0.39 is 5.82 Å². The lowest BCUT2D eigenvalue weighted by atomic mass is 10.1. The van der Waals surface area contributed by atoms with Crippen LogP contribution in [-0.2, 0) is 9.53 Å². The molecule has 2 saturated heterocycles. The zero-order valence-electron chi connectivity index (χ0n) is 20.8. The molecular weight excluding hydrogens is 509 g/mol. The van der Waals surface area contributed by atoms with Gasteiger partial charge >= 0.3 is 0 Å². The molecule has 1 aliphatic carbocycles. The molecule has 2 bridgehead atoms. The zero-order chi connectivity index (χ0) is 26.1. The number of hydrogen-bond acceptors (Lipinski definition) is 7. The standard InChI is InChI=1S/C28H29ClFN5O3/c29-22-10-18(5-8-23(22)30)33-28-21-11-25(26(37-15-17-3-4-17)12-24(21)31-16-32-28)34-27(36)2-1-9-35-13-19-6-7-20(14-35)38-19/h1-2,5,8,10-12,16-17,19-20H,3-4,6-7,9,13-15H2,(H,34,36)(H,31,32,33)/b2-1+. The molecule has 3 aliphatic rings. The van der Waals surface area contributed by atoms with Crippen molar-refractivity contribution >= 4 is 45.6 Å². The van der Waals surface area contributed by atoms with Crippen molar-refractivity contribution in [2.24, 2.45) is 5.92 Å². The topological polar surface area (TPSA) is 88.6 Å². The van der Waals surface area contributed by atoms with Crippen LogP contribution >= 0.6 is 11.6 Å². The van der Waals surface area contributed by atoms with Crippen molar-refractivity contribution in [3.05, 3.63) is 59.7 Å². The summed E-state index contributed by atoms with van der Waals surface area (Å²) in [5.41, 5.74) is 1.76. The molecule has 3 heterocycles. The summed E-state index contributed by atoms with van der Waals surface area (Å²) in [6, 6.07) is 7.97. The number of carbonyl (C=O) groups is 1. The molecule has 3 aromatic rings. The number of hydrogen-bond donors (Lipinski definition) is 2. The van der Waals surface area contributed by atoms with Crippen molar-refractivity contribution in [2.75, 3.05) is 36.9 Å². The quantitative estimate of drug-likeness (QED) is 0.357. The first-order chi connectivity index (χ1) is 18.5. The monoisotopic (exact) mass is 537 g/mol. The van der Waals surface area contributed by atoms with Crippen LogP contribution in [-0.4, -0.2) is 59.2 Å². The number of nitrogens with one attached hydrogen (secondary N) is 2. The van der Waals surface area contributed by atoms with Gasteiger partial charge in [0.25, 0.3) is 0 Å². The van der Waals surface area contributed by atoms with E-state index in [1.807, 2.05) is 12.1 Å². The highest BCUT2D eigenvalue weighted by Crippen LogP contribution is 2.36. The molecule has 6 rings (SSSR count). The van der Waals surface area contributed by atoms with E-state index in [-0.39, 0.29) is 10.9 Å². The highest BCUT2D eigenvalue weighted by Gasteiger charge is 2.33. The lowest BCUT2D eigenvalue weighted by molar-refractivity contribution is -0.111. The molecule has 1 amide bonds. The van der Waals surface area contributed by atoms with Crippen molar-refractivity contribution in [3.63, 3.8) is 0 Å². The molecule has 10 heteroatoms. The maximum absolute atomic E-state index is 13.6. The fourth-order valence-corrected chi connectivity index (χ4v) is 5.12. The van der Waals surface area contributed by atoms with Crippen molar-refractivity contribution in [3.8, 4) is 5.75 Å². The second kappa shape index (κ2) is 10.8. The number of anilines is 3. The first-order valence-corrected chi connectivity index (χ1v) is 13.4.